The third-order valence-corrected chi connectivity index (χ3v) is 4.63. The van der Waals surface area contributed by atoms with Crippen LogP contribution >= 0.6 is 11.3 Å². The molecule has 0 saturated heterocycles. The molecule has 2 aromatic rings. The Bertz CT molecular complexity index is 805. The highest BCUT2D eigenvalue weighted by Crippen LogP contribution is 2.21. The average molecular weight is 362 g/mol. The van der Waals surface area contributed by atoms with Crippen LogP contribution in [0, 0.1) is 11.6 Å². The molecule has 1 aromatic heterocycles. The van der Waals surface area contributed by atoms with E-state index < -0.39 is 11.6 Å². The van der Waals surface area contributed by atoms with Crippen LogP contribution in [0.1, 0.15) is 21.7 Å². The smallest absolute Gasteiger partial charge is 0.264 e. The van der Waals surface area contributed by atoms with Crippen molar-refractivity contribution in [2.24, 2.45) is 5.16 Å². The van der Waals surface area contributed by atoms with E-state index in [2.05, 4.69) is 11.7 Å². The van der Waals surface area contributed by atoms with Gasteiger partial charge in [-0.3, -0.25) is 4.79 Å². The van der Waals surface area contributed by atoms with Crippen LogP contribution in [0.5, 0.6) is 0 Å². The zero-order valence-electron chi connectivity index (χ0n) is 13.3. The summed E-state index contributed by atoms with van der Waals surface area (Å²) in [6.07, 6.45) is 1.60. The number of carbonyl (C=O) groups excluding carboxylic acids is 1. The molecule has 1 aliphatic heterocycles. The summed E-state index contributed by atoms with van der Waals surface area (Å²) in [5.41, 5.74) is 0.619. The van der Waals surface area contributed by atoms with Gasteiger partial charge in [-0.1, -0.05) is 17.3 Å². The molecule has 0 spiro atoms. The van der Waals surface area contributed by atoms with E-state index in [0.29, 0.717) is 30.1 Å². The second kappa shape index (κ2) is 7.57. The van der Waals surface area contributed by atoms with Gasteiger partial charge in [-0.25, -0.2) is 8.78 Å². The molecular weight excluding hydrogens is 346 g/mol. The first-order valence-corrected chi connectivity index (χ1v) is 8.58. The molecule has 0 N–H and O–H groups in total. The number of oxime groups is 1. The predicted molar refractivity (Wildman–Crippen MR) is 92.8 cm³/mol. The van der Waals surface area contributed by atoms with Crippen molar-refractivity contribution in [3.05, 3.63) is 70.4 Å². The van der Waals surface area contributed by atoms with Crippen molar-refractivity contribution in [2.45, 2.75) is 12.5 Å². The van der Waals surface area contributed by atoms with Crippen LogP contribution < -0.4 is 0 Å². The van der Waals surface area contributed by atoms with Crippen molar-refractivity contribution in [3.63, 3.8) is 0 Å². The van der Waals surface area contributed by atoms with Gasteiger partial charge in [0.2, 0.25) is 0 Å². The topological polar surface area (TPSA) is 41.9 Å². The quantitative estimate of drug-likeness (QED) is 0.733. The predicted octanol–water partition coefficient (Wildman–Crippen LogP) is 3.85. The van der Waals surface area contributed by atoms with Crippen molar-refractivity contribution in [1.29, 1.82) is 0 Å². The highest BCUT2D eigenvalue weighted by molar-refractivity contribution is 7.12. The van der Waals surface area contributed by atoms with Crippen molar-refractivity contribution in [2.75, 3.05) is 13.1 Å². The fourth-order valence-electron chi connectivity index (χ4n) is 2.61. The van der Waals surface area contributed by atoms with Crippen molar-refractivity contribution in [1.82, 2.24) is 4.90 Å². The van der Waals surface area contributed by atoms with Gasteiger partial charge in [0.25, 0.3) is 5.91 Å². The van der Waals surface area contributed by atoms with Crippen LogP contribution in [0.15, 0.2) is 53.5 Å². The first-order chi connectivity index (χ1) is 12.1. The van der Waals surface area contributed by atoms with Gasteiger partial charge < -0.3 is 9.74 Å². The van der Waals surface area contributed by atoms with Crippen LogP contribution in [-0.4, -0.2) is 35.7 Å². The Morgan fingerprint density at radius 3 is 2.96 bits per heavy atom. The van der Waals surface area contributed by atoms with E-state index in [4.69, 9.17) is 4.84 Å². The molecule has 1 aromatic carbocycles. The minimum absolute atomic E-state index is 0.111. The maximum absolute atomic E-state index is 13.9. The molecule has 1 aliphatic rings. The molecule has 0 bridgehead atoms. The van der Waals surface area contributed by atoms with Gasteiger partial charge in [0.15, 0.2) is 6.10 Å². The Morgan fingerprint density at radius 2 is 2.28 bits per heavy atom. The third kappa shape index (κ3) is 3.93. The van der Waals surface area contributed by atoms with Crippen LogP contribution in [0.25, 0.3) is 0 Å². The molecule has 0 fully saturated rings. The van der Waals surface area contributed by atoms with Gasteiger partial charge in [0.1, 0.15) is 11.6 Å². The summed E-state index contributed by atoms with van der Waals surface area (Å²) in [6.45, 7) is 4.35. The molecule has 130 valence electrons. The summed E-state index contributed by atoms with van der Waals surface area (Å²) in [5.74, 6) is -1.43. The SMILES string of the molecule is C=CCN(CC1CC(c2ccc(F)cc2F)=NO1)C(=O)c1cccs1. The number of benzene rings is 1. The number of carbonyl (C=O) groups is 1. The van der Waals surface area contributed by atoms with E-state index in [1.807, 2.05) is 11.4 Å². The summed E-state index contributed by atoms with van der Waals surface area (Å²) < 4.78 is 26.9. The normalized spacial score (nSPS) is 16.2. The molecule has 1 unspecified atom stereocenters. The standard InChI is InChI=1S/C18H16F2N2O2S/c1-2-7-22(18(23)17-4-3-8-25-17)11-13-10-16(21-24-13)14-6-5-12(19)9-15(14)20/h2-6,8-9,13H,1,7,10-11H2. The van der Waals surface area contributed by atoms with E-state index in [1.165, 1.54) is 23.5 Å². The Hall–Kier alpha value is -2.54. The highest BCUT2D eigenvalue weighted by Gasteiger charge is 2.28. The largest absolute Gasteiger partial charge is 0.390 e. The van der Waals surface area contributed by atoms with Crippen molar-refractivity contribution < 1.29 is 18.4 Å². The third-order valence-electron chi connectivity index (χ3n) is 3.77. The zero-order chi connectivity index (χ0) is 17.8. The summed E-state index contributed by atoms with van der Waals surface area (Å²) in [6, 6.07) is 6.91. The van der Waals surface area contributed by atoms with Gasteiger partial charge >= 0.3 is 0 Å². The number of hydrogen-bond donors (Lipinski definition) is 0. The Labute approximate surface area is 148 Å². The molecule has 3 rings (SSSR count). The second-order valence-electron chi connectivity index (χ2n) is 5.57. The number of rotatable bonds is 6. The van der Waals surface area contributed by atoms with Gasteiger partial charge in [-0.15, -0.1) is 17.9 Å². The molecule has 25 heavy (non-hydrogen) atoms. The van der Waals surface area contributed by atoms with Crippen LogP contribution in [0.2, 0.25) is 0 Å². The summed E-state index contributed by atoms with van der Waals surface area (Å²) >= 11 is 1.36. The lowest BCUT2D eigenvalue weighted by Gasteiger charge is -2.22. The number of amides is 1. The molecule has 4 nitrogen and oxygen atoms in total. The Balaban J connectivity index is 1.67. The molecule has 7 heteroatoms. The van der Waals surface area contributed by atoms with Crippen LogP contribution in [0.3, 0.4) is 0 Å². The molecule has 2 heterocycles. The Morgan fingerprint density at radius 1 is 1.44 bits per heavy atom. The maximum Gasteiger partial charge on any atom is 0.264 e. The molecular formula is C18H16F2N2O2S. The fraction of sp³-hybridized carbons (Fsp3) is 0.222. The lowest BCUT2D eigenvalue weighted by molar-refractivity contribution is 0.0452. The monoisotopic (exact) mass is 362 g/mol. The number of thiophene rings is 1. The van der Waals surface area contributed by atoms with Crippen LogP contribution in [-0.2, 0) is 4.84 Å². The second-order valence-corrected chi connectivity index (χ2v) is 6.52. The van der Waals surface area contributed by atoms with E-state index in [1.54, 1.807) is 17.0 Å². The van der Waals surface area contributed by atoms with Crippen LogP contribution in [0.4, 0.5) is 8.78 Å². The maximum atomic E-state index is 13.9. The lowest BCUT2D eigenvalue weighted by Crippen LogP contribution is -2.37. The van der Waals surface area contributed by atoms with Gasteiger partial charge in [-0.2, -0.15) is 0 Å². The summed E-state index contributed by atoms with van der Waals surface area (Å²) in [7, 11) is 0. The minimum atomic E-state index is -0.680. The zero-order valence-corrected chi connectivity index (χ0v) is 14.1. The number of halogens is 2. The first kappa shape index (κ1) is 17.3. The minimum Gasteiger partial charge on any atom is -0.390 e. The van der Waals surface area contributed by atoms with E-state index in [0.717, 1.165) is 6.07 Å². The van der Waals surface area contributed by atoms with Crippen molar-refractivity contribution in [3.8, 4) is 0 Å². The first-order valence-electron chi connectivity index (χ1n) is 7.70. The lowest BCUT2D eigenvalue weighted by atomic mass is 10.0. The number of nitrogens with zero attached hydrogens (tertiary/aromatic N) is 2. The molecule has 0 radical (unpaired) electrons. The highest BCUT2D eigenvalue weighted by atomic mass is 32.1. The van der Waals surface area contributed by atoms with Crippen molar-refractivity contribution >= 4 is 23.0 Å². The van der Waals surface area contributed by atoms with Gasteiger partial charge in [0, 0.05) is 24.6 Å². The molecule has 0 saturated carbocycles. The summed E-state index contributed by atoms with van der Waals surface area (Å²) in [5, 5.41) is 5.74. The van der Waals surface area contributed by atoms with E-state index >= 15 is 0 Å². The van der Waals surface area contributed by atoms with Gasteiger partial charge in [-0.05, 0) is 23.6 Å². The average Bonchev–Trinajstić information content (AvgIpc) is 3.25. The van der Waals surface area contributed by atoms with Gasteiger partial charge in [0.05, 0.1) is 17.1 Å². The van der Waals surface area contributed by atoms with E-state index in [9.17, 15) is 13.6 Å². The molecule has 1 amide bonds. The summed E-state index contributed by atoms with van der Waals surface area (Å²) in [4.78, 5) is 20.1. The van der Waals surface area contributed by atoms with E-state index in [-0.39, 0.29) is 17.6 Å². The number of hydrogen-bond acceptors (Lipinski definition) is 4. The fourth-order valence-corrected chi connectivity index (χ4v) is 3.30. The Kier molecular flexibility index (Phi) is 5.23. The molecule has 1 atom stereocenters. The molecule has 0 aliphatic carbocycles.